The van der Waals surface area contributed by atoms with Crippen molar-refractivity contribution in [2.75, 3.05) is 26.3 Å². The first-order valence-corrected chi connectivity index (χ1v) is 9.64. The molecule has 0 aromatic carbocycles. The van der Waals surface area contributed by atoms with Crippen molar-refractivity contribution in [1.82, 2.24) is 20.0 Å². The molecule has 2 amide bonds. The minimum atomic E-state index is -0.254. The number of carbonyl (C=O) groups excluding carboxylic acids is 2. The number of pyridine rings is 1. The van der Waals surface area contributed by atoms with Crippen molar-refractivity contribution in [1.29, 1.82) is 0 Å². The van der Waals surface area contributed by atoms with E-state index in [0.717, 1.165) is 29.8 Å². The molecular weight excluding hydrogens is 352 g/mol. The highest BCUT2D eigenvalue weighted by Crippen LogP contribution is 2.24. The van der Waals surface area contributed by atoms with Gasteiger partial charge in [-0.05, 0) is 25.0 Å². The molecule has 26 heavy (non-hydrogen) atoms. The van der Waals surface area contributed by atoms with E-state index in [1.54, 1.807) is 17.8 Å². The van der Waals surface area contributed by atoms with Crippen LogP contribution in [0.2, 0.25) is 0 Å². The summed E-state index contributed by atoms with van der Waals surface area (Å²) in [6.45, 7) is 3.67. The van der Waals surface area contributed by atoms with Gasteiger partial charge in [0.15, 0.2) is 0 Å². The van der Waals surface area contributed by atoms with Gasteiger partial charge in [-0.2, -0.15) is 0 Å². The maximum absolute atomic E-state index is 12.8. The summed E-state index contributed by atoms with van der Waals surface area (Å²) < 4.78 is 5.39. The van der Waals surface area contributed by atoms with E-state index in [1.807, 2.05) is 12.1 Å². The van der Waals surface area contributed by atoms with Gasteiger partial charge in [-0.25, -0.2) is 15.0 Å². The molecule has 2 aromatic heterocycles. The van der Waals surface area contributed by atoms with Gasteiger partial charge in [-0.1, -0.05) is 13.3 Å². The second-order valence-corrected chi connectivity index (χ2v) is 6.84. The number of hydrogen-bond donors (Lipinski definition) is 0. The van der Waals surface area contributed by atoms with Crippen LogP contribution in [0.4, 0.5) is 0 Å². The van der Waals surface area contributed by atoms with Crippen molar-refractivity contribution < 1.29 is 14.3 Å². The Bertz CT molecular complexity index is 750. The molecule has 1 aliphatic rings. The third kappa shape index (κ3) is 4.25. The summed E-state index contributed by atoms with van der Waals surface area (Å²) in [4.78, 5) is 33.7. The number of hydrogen-bond acceptors (Lipinski definition) is 6. The SMILES string of the molecule is CCCCOCC(=O)N1CCCN1C(=O)c1csc(-c2cccnc2)n1. The van der Waals surface area contributed by atoms with Crippen molar-refractivity contribution in [3.05, 3.63) is 35.6 Å². The Balaban J connectivity index is 1.65. The van der Waals surface area contributed by atoms with Gasteiger partial charge in [-0.15, -0.1) is 11.3 Å². The van der Waals surface area contributed by atoms with Gasteiger partial charge in [-0.3, -0.25) is 14.6 Å². The molecule has 1 fully saturated rings. The highest BCUT2D eigenvalue weighted by molar-refractivity contribution is 7.13. The predicted octanol–water partition coefficient (Wildman–Crippen LogP) is 2.61. The van der Waals surface area contributed by atoms with E-state index in [-0.39, 0.29) is 18.4 Å². The zero-order chi connectivity index (χ0) is 18.4. The molecular formula is C18H22N4O3S. The number of unbranched alkanes of at least 4 members (excludes halogenated alkanes) is 1. The third-order valence-electron chi connectivity index (χ3n) is 4.05. The maximum atomic E-state index is 12.8. The van der Waals surface area contributed by atoms with Gasteiger partial charge in [0, 0.05) is 43.0 Å². The standard InChI is InChI=1S/C18H22N4O3S/c1-2-3-10-25-12-16(23)21-8-5-9-22(21)18(24)15-13-26-17(20-15)14-6-4-7-19-11-14/h4,6-7,11,13H,2-3,5,8-10,12H2,1H3. The second-order valence-electron chi connectivity index (χ2n) is 5.98. The molecule has 0 N–H and O–H groups in total. The molecule has 8 heteroatoms. The molecule has 3 rings (SSSR count). The van der Waals surface area contributed by atoms with E-state index in [9.17, 15) is 9.59 Å². The summed E-state index contributed by atoms with van der Waals surface area (Å²) in [6, 6.07) is 3.73. The quantitative estimate of drug-likeness (QED) is 0.697. The van der Waals surface area contributed by atoms with E-state index in [0.29, 0.717) is 25.4 Å². The average Bonchev–Trinajstić information content (AvgIpc) is 3.35. The molecule has 1 aliphatic heterocycles. The zero-order valence-electron chi connectivity index (χ0n) is 14.8. The topological polar surface area (TPSA) is 75.6 Å². The lowest BCUT2D eigenvalue weighted by Crippen LogP contribution is -2.46. The average molecular weight is 374 g/mol. The fourth-order valence-corrected chi connectivity index (χ4v) is 3.47. The van der Waals surface area contributed by atoms with Gasteiger partial charge in [0.2, 0.25) is 0 Å². The van der Waals surface area contributed by atoms with E-state index in [4.69, 9.17) is 4.74 Å². The molecule has 0 unspecified atom stereocenters. The summed E-state index contributed by atoms with van der Waals surface area (Å²) >= 11 is 1.39. The van der Waals surface area contributed by atoms with Crippen molar-refractivity contribution in [2.24, 2.45) is 0 Å². The molecule has 0 aliphatic carbocycles. The predicted molar refractivity (Wildman–Crippen MR) is 98.4 cm³/mol. The molecule has 0 atom stereocenters. The van der Waals surface area contributed by atoms with Crippen LogP contribution in [0.5, 0.6) is 0 Å². The highest BCUT2D eigenvalue weighted by atomic mass is 32.1. The summed E-state index contributed by atoms with van der Waals surface area (Å²) in [5, 5.41) is 5.43. The van der Waals surface area contributed by atoms with Crippen molar-refractivity contribution in [3.8, 4) is 10.6 Å². The second kappa shape index (κ2) is 8.86. The Morgan fingerprint density at radius 1 is 1.31 bits per heavy atom. The molecule has 0 bridgehead atoms. The first-order chi connectivity index (χ1) is 12.7. The Morgan fingerprint density at radius 3 is 2.92 bits per heavy atom. The van der Waals surface area contributed by atoms with Crippen molar-refractivity contribution in [3.63, 3.8) is 0 Å². The largest absolute Gasteiger partial charge is 0.372 e. The Kier molecular flexibility index (Phi) is 6.30. The van der Waals surface area contributed by atoms with E-state index >= 15 is 0 Å². The molecule has 7 nitrogen and oxygen atoms in total. The number of amides is 2. The normalized spacial score (nSPS) is 14.0. The van der Waals surface area contributed by atoms with Gasteiger partial charge in [0.25, 0.3) is 11.8 Å². The first kappa shape index (κ1) is 18.5. The van der Waals surface area contributed by atoms with Crippen LogP contribution in [0.1, 0.15) is 36.7 Å². The number of hydrazine groups is 1. The molecule has 0 saturated carbocycles. The molecule has 3 heterocycles. The lowest BCUT2D eigenvalue weighted by atomic mass is 10.3. The van der Waals surface area contributed by atoms with Crippen molar-refractivity contribution >= 4 is 23.2 Å². The number of rotatable bonds is 7. The van der Waals surface area contributed by atoms with Gasteiger partial charge < -0.3 is 4.74 Å². The zero-order valence-corrected chi connectivity index (χ0v) is 15.6. The fraction of sp³-hybridized carbons (Fsp3) is 0.444. The molecule has 0 spiro atoms. The van der Waals surface area contributed by atoms with Gasteiger partial charge in [0.05, 0.1) is 0 Å². The maximum Gasteiger partial charge on any atom is 0.291 e. The van der Waals surface area contributed by atoms with Crippen LogP contribution in [-0.2, 0) is 9.53 Å². The van der Waals surface area contributed by atoms with Crippen molar-refractivity contribution in [2.45, 2.75) is 26.2 Å². The number of carbonyl (C=O) groups is 2. The molecule has 138 valence electrons. The van der Waals surface area contributed by atoms with Crippen LogP contribution in [0.25, 0.3) is 10.6 Å². The van der Waals surface area contributed by atoms with Crippen LogP contribution in [0, 0.1) is 0 Å². The monoisotopic (exact) mass is 374 g/mol. The third-order valence-corrected chi connectivity index (χ3v) is 4.94. The number of thiazole rings is 1. The molecule has 2 aromatic rings. The lowest BCUT2D eigenvalue weighted by Gasteiger charge is -2.27. The Hall–Kier alpha value is -2.32. The minimum absolute atomic E-state index is 0.00177. The fourth-order valence-electron chi connectivity index (χ4n) is 2.69. The van der Waals surface area contributed by atoms with Gasteiger partial charge >= 0.3 is 0 Å². The Morgan fingerprint density at radius 2 is 2.15 bits per heavy atom. The van der Waals surface area contributed by atoms with Gasteiger partial charge in [0.1, 0.15) is 17.3 Å². The number of ether oxygens (including phenoxy) is 1. The molecule has 0 radical (unpaired) electrons. The van der Waals surface area contributed by atoms with Crippen LogP contribution in [0.3, 0.4) is 0 Å². The Labute approximate surface area is 156 Å². The summed E-state index contributed by atoms with van der Waals surface area (Å²) in [5.41, 5.74) is 1.22. The summed E-state index contributed by atoms with van der Waals surface area (Å²) in [6.07, 6.45) is 6.11. The molecule has 1 saturated heterocycles. The summed E-state index contributed by atoms with van der Waals surface area (Å²) in [7, 11) is 0. The van der Waals surface area contributed by atoms with Crippen LogP contribution in [0.15, 0.2) is 29.9 Å². The smallest absolute Gasteiger partial charge is 0.291 e. The van der Waals surface area contributed by atoms with Crippen LogP contribution < -0.4 is 0 Å². The van der Waals surface area contributed by atoms with E-state index in [2.05, 4.69) is 16.9 Å². The van der Waals surface area contributed by atoms with Crippen LogP contribution in [-0.4, -0.2) is 58.1 Å². The lowest BCUT2D eigenvalue weighted by molar-refractivity contribution is -0.145. The van der Waals surface area contributed by atoms with E-state index < -0.39 is 0 Å². The van der Waals surface area contributed by atoms with E-state index in [1.165, 1.54) is 21.4 Å². The summed E-state index contributed by atoms with van der Waals surface area (Å²) in [5.74, 6) is -0.439. The minimum Gasteiger partial charge on any atom is -0.372 e. The number of aromatic nitrogens is 2. The first-order valence-electron chi connectivity index (χ1n) is 8.76. The number of nitrogens with zero attached hydrogens (tertiary/aromatic N) is 4. The van der Waals surface area contributed by atoms with Crippen LogP contribution >= 0.6 is 11.3 Å². The highest BCUT2D eigenvalue weighted by Gasteiger charge is 2.32.